The summed E-state index contributed by atoms with van der Waals surface area (Å²) in [6.07, 6.45) is 2.37. The molecule has 0 saturated heterocycles. The molecule has 0 bridgehead atoms. The van der Waals surface area contributed by atoms with Crippen LogP contribution in [0.3, 0.4) is 0 Å². The average molecular weight is 260 g/mol. The maximum absolute atomic E-state index is 10.6. The molecule has 1 aromatic heterocycles. The molecule has 0 unspecified atom stereocenters. The number of thioether (sulfide) groups is 1. The van der Waals surface area contributed by atoms with Gasteiger partial charge in [-0.1, -0.05) is 0 Å². The van der Waals surface area contributed by atoms with Crippen LogP contribution in [0, 0.1) is 0 Å². The van der Waals surface area contributed by atoms with Gasteiger partial charge in [0.15, 0.2) is 0 Å². The zero-order valence-electron chi connectivity index (χ0n) is 7.29. The Morgan fingerprint density at radius 1 is 1.62 bits per heavy atom. The summed E-state index contributed by atoms with van der Waals surface area (Å²) in [5, 5.41) is 0.962. The Kier molecular flexibility index (Phi) is 4.45. The van der Waals surface area contributed by atoms with E-state index in [0.29, 0.717) is 6.42 Å². The lowest BCUT2D eigenvalue weighted by Crippen LogP contribution is -1.92. The highest BCUT2D eigenvalue weighted by Crippen LogP contribution is 2.17. The van der Waals surface area contributed by atoms with Crippen LogP contribution >= 0.6 is 27.7 Å². The Balaban J connectivity index is 2.37. The highest BCUT2D eigenvalue weighted by atomic mass is 79.9. The van der Waals surface area contributed by atoms with Gasteiger partial charge in [0.1, 0.15) is 5.78 Å². The lowest BCUT2D eigenvalue weighted by Gasteiger charge is -1.98. The third-order valence-electron chi connectivity index (χ3n) is 1.40. The predicted molar refractivity (Wildman–Crippen MR) is 58.0 cm³/mol. The number of nitrogens with zero attached hydrogens (tertiary/aromatic N) is 1. The zero-order chi connectivity index (χ0) is 9.68. The normalized spacial score (nSPS) is 10.0. The molecule has 0 N–H and O–H groups in total. The maximum atomic E-state index is 10.6. The largest absolute Gasteiger partial charge is 0.300 e. The van der Waals surface area contributed by atoms with Crippen LogP contribution in [0.5, 0.6) is 0 Å². The minimum absolute atomic E-state index is 0.226. The van der Waals surface area contributed by atoms with Gasteiger partial charge in [0, 0.05) is 22.8 Å². The van der Waals surface area contributed by atoms with E-state index in [-0.39, 0.29) is 5.78 Å². The van der Waals surface area contributed by atoms with Crippen LogP contribution in [0.25, 0.3) is 0 Å². The quantitative estimate of drug-likeness (QED) is 0.779. The molecule has 0 aliphatic carbocycles. The molecular weight excluding hydrogens is 250 g/mol. The Bertz CT molecular complexity index is 286. The first-order valence-corrected chi connectivity index (χ1v) is 5.70. The van der Waals surface area contributed by atoms with Crippen molar-refractivity contribution in [1.29, 1.82) is 0 Å². The summed E-state index contributed by atoms with van der Waals surface area (Å²) in [5.41, 5.74) is 0. The average Bonchev–Trinajstić information content (AvgIpc) is 2.08. The van der Waals surface area contributed by atoms with E-state index in [4.69, 9.17) is 0 Å². The van der Waals surface area contributed by atoms with Crippen molar-refractivity contribution in [3.05, 3.63) is 22.8 Å². The van der Waals surface area contributed by atoms with E-state index in [1.54, 1.807) is 24.9 Å². The minimum atomic E-state index is 0.226. The van der Waals surface area contributed by atoms with Crippen LogP contribution in [0.1, 0.15) is 13.3 Å². The molecule has 0 aliphatic rings. The number of aromatic nitrogens is 1. The van der Waals surface area contributed by atoms with Gasteiger partial charge >= 0.3 is 0 Å². The smallest absolute Gasteiger partial charge is 0.130 e. The summed E-state index contributed by atoms with van der Waals surface area (Å²) in [4.78, 5) is 14.8. The fourth-order valence-electron chi connectivity index (χ4n) is 0.747. The topological polar surface area (TPSA) is 30.0 Å². The third kappa shape index (κ3) is 4.43. The van der Waals surface area contributed by atoms with E-state index >= 15 is 0 Å². The van der Waals surface area contributed by atoms with Crippen LogP contribution in [-0.2, 0) is 4.79 Å². The second kappa shape index (κ2) is 5.40. The first-order valence-electron chi connectivity index (χ1n) is 3.92. The lowest BCUT2D eigenvalue weighted by molar-refractivity contribution is -0.116. The molecule has 0 radical (unpaired) electrons. The number of carbonyl (C=O) groups is 1. The number of hydrogen-bond acceptors (Lipinski definition) is 3. The van der Waals surface area contributed by atoms with E-state index in [1.807, 2.05) is 12.1 Å². The van der Waals surface area contributed by atoms with Crippen LogP contribution in [0.2, 0.25) is 0 Å². The second-order valence-electron chi connectivity index (χ2n) is 2.62. The van der Waals surface area contributed by atoms with E-state index in [0.717, 1.165) is 15.3 Å². The standard InChI is InChI=1S/C9H10BrNOS/c1-7(12)4-5-13-9-3-2-8(10)6-11-9/h2-3,6H,4-5H2,1H3. The van der Waals surface area contributed by atoms with Crippen molar-refractivity contribution in [3.63, 3.8) is 0 Å². The van der Waals surface area contributed by atoms with Gasteiger partial charge in [-0.3, -0.25) is 4.79 Å². The first kappa shape index (κ1) is 10.7. The zero-order valence-corrected chi connectivity index (χ0v) is 9.69. The van der Waals surface area contributed by atoms with Crippen molar-refractivity contribution < 1.29 is 4.79 Å². The molecule has 2 nitrogen and oxygen atoms in total. The molecule has 1 heterocycles. The third-order valence-corrected chi connectivity index (χ3v) is 2.82. The molecule has 1 rings (SSSR count). The van der Waals surface area contributed by atoms with Crippen molar-refractivity contribution in [2.45, 2.75) is 18.4 Å². The van der Waals surface area contributed by atoms with Crippen molar-refractivity contribution >= 4 is 33.5 Å². The summed E-state index contributed by atoms with van der Waals surface area (Å²) in [6.45, 7) is 1.61. The number of ketones is 1. The Labute approximate surface area is 90.3 Å². The number of halogens is 1. The van der Waals surface area contributed by atoms with Crippen molar-refractivity contribution in [2.75, 3.05) is 5.75 Å². The Morgan fingerprint density at radius 3 is 2.92 bits per heavy atom. The number of pyridine rings is 1. The molecule has 1 aromatic rings. The highest BCUT2D eigenvalue weighted by Gasteiger charge is 1.97. The first-order chi connectivity index (χ1) is 6.18. The minimum Gasteiger partial charge on any atom is -0.300 e. The Hall–Kier alpha value is -0.350. The van der Waals surface area contributed by atoms with Gasteiger partial charge in [0.25, 0.3) is 0 Å². The molecule has 0 atom stereocenters. The number of carbonyl (C=O) groups excluding carboxylic acids is 1. The summed E-state index contributed by atoms with van der Waals surface area (Å²) in [5.74, 6) is 1.04. The second-order valence-corrected chi connectivity index (χ2v) is 4.65. The van der Waals surface area contributed by atoms with Crippen LogP contribution in [0.15, 0.2) is 27.8 Å². The molecule has 0 spiro atoms. The van der Waals surface area contributed by atoms with Gasteiger partial charge in [0.05, 0.1) is 5.03 Å². The molecule has 0 aromatic carbocycles. The van der Waals surface area contributed by atoms with Crippen LogP contribution in [-0.4, -0.2) is 16.5 Å². The molecule has 0 saturated carbocycles. The van der Waals surface area contributed by atoms with Gasteiger partial charge in [-0.05, 0) is 35.0 Å². The molecule has 70 valence electrons. The number of Topliss-reactive ketones (excluding diaryl/α,β-unsaturated/α-hetero) is 1. The lowest BCUT2D eigenvalue weighted by atomic mass is 10.4. The van der Waals surface area contributed by atoms with Gasteiger partial charge in [-0.25, -0.2) is 4.98 Å². The highest BCUT2D eigenvalue weighted by molar-refractivity contribution is 9.10. The van der Waals surface area contributed by atoms with Gasteiger partial charge in [-0.15, -0.1) is 11.8 Å². The summed E-state index contributed by atoms with van der Waals surface area (Å²) >= 11 is 4.92. The van der Waals surface area contributed by atoms with Crippen LogP contribution < -0.4 is 0 Å². The number of hydrogen-bond donors (Lipinski definition) is 0. The molecular formula is C9H10BrNOS. The SMILES string of the molecule is CC(=O)CCSc1ccc(Br)cn1. The molecule has 0 fully saturated rings. The summed E-state index contributed by atoms with van der Waals surface area (Å²) in [6, 6.07) is 3.89. The van der Waals surface area contributed by atoms with E-state index in [1.165, 1.54) is 0 Å². The number of rotatable bonds is 4. The summed E-state index contributed by atoms with van der Waals surface area (Å²) < 4.78 is 0.975. The fraction of sp³-hybridized carbons (Fsp3) is 0.333. The van der Waals surface area contributed by atoms with Gasteiger partial charge in [0.2, 0.25) is 0 Å². The Morgan fingerprint density at radius 2 is 2.38 bits per heavy atom. The van der Waals surface area contributed by atoms with Crippen molar-refractivity contribution in [1.82, 2.24) is 4.98 Å². The van der Waals surface area contributed by atoms with Crippen LogP contribution in [0.4, 0.5) is 0 Å². The monoisotopic (exact) mass is 259 g/mol. The molecule has 13 heavy (non-hydrogen) atoms. The van der Waals surface area contributed by atoms with E-state index < -0.39 is 0 Å². The fourth-order valence-corrected chi connectivity index (χ4v) is 1.87. The van der Waals surface area contributed by atoms with E-state index in [9.17, 15) is 4.79 Å². The molecule has 0 aliphatic heterocycles. The summed E-state index contributed by atoms with van der Waals surface area (Å²) in [7, 11) is 0. The molecule has 4 heteroatoms. The van der Waals surface area contributed by atoms with Crippen molar-refractivity contribution in [2.24, 2.45) is 0 Å². The van der Waals surface area contributed by atoms with E-state index in [2.05, 4.69) is 20.9 Å². The van der Waals surface area contributed by atoms with Crippen molar-refractivity contribution in [3.8, 4) is 0 Å². The van der Waals surface area contributed by atoms with Gasteiger partial charge in [-0.2, -0.15) is 0 Å². The predicted octanol–water partition coefficient (Wildman–Crippen LogP) is 2.92. The maximum Gasteiger partial charge on any atom is 0.130 e. The molecule has 0 amide bonds. The van der Waals surface area contributed by atoms with Gasteiger partial charge < -0.3 is 0 Å².